The van der Waals surface area contributed by atoms with Crippen LogP contribution in [-0.2, 0) is 6.42 Å². The molecule has 16 heavy (non-hydrogen) atoms. The number of hydrazine groups is 1. The molecule has 2 rings (SSSR count). The maximum absolute atomic E-state index is 6.17. The number of hydrogen-bond acceptors (Lipinski definition) is 3. The Kier molecular flexibility index (Phi) is 2.99. The van der Waals surface area contributed by atoms with Crippen molar-refractivity contribution >= 4 is 28.2 Å². The first-order chi connectivity index (χ1) is 7.67. The predicted molar refractivity (Wildman–Crippen MR) is 68.7 cm³/mol. The molecule has 1 heterocycles. The first-order valence-corrected chi connectivity index (χ1v) is 5.60. The van der Waals surface area contributed by atoms with Crippen molar-refractivity contribution in [2.45, 2.75) is 20.3 Å². The van der Waals surface area contributed by atoms with Gasteiger partial charge in [0.1, 0.15) is 0 Å². The van der Waals surface area contributed by atoms with Gasteiger partial charge in [-0.25, -0.2) is 0 Å². The molecule has 0 fully saturated rings. The first-order valence-electron chi connectivity index (χ1n) is 5.22. The Morgan fingerprint density at radius 1 is 1.44 bits per heavy atom. The van der Waals surface area contributed by atoms with Gasteiger partial charge < -0.3 is 5.43 Å². The highest BCUT2D eigenvalue weighted by Crippen LogP contribution is 2.31. The zero-order chi connectivity index (χ0) is 11.7. The summed E-state index contributed by atoms with van der Waals surface area (Å²) in [4.78, 5) is 4.58. The highest BCUT2D eigenvalue weighted by atomic mass is 35.5. The number of benzene rings is 1. The van der Waals surface area contributed by atoms with E-state index in [1.165, 1.54) is 0 Å². The van der Waals surface area contributed by atoms with E-state index in [0.717, 1.165) is 34.3 Å². The van der Waals surface area contributed by atoms with E-state index < -0.39 is 0 Å². The molecule has 0 atom stereocenters. The molecule has 0 unspecified atom stereocenters. The molecule has 3 nitrogen and oxygen atoms in total. The van der Waals surface area contributed by atoms with Crippen LogP contribution in [0.2, 0.25) is 5.02 Å². The Labute approximate surface area is 99.6 Å². The molecule has 0 aliphatic heterocycles. The molecule has 1 aromatic carbocycles. The lowest BCUT2D eigenvalue weighted by Crippen LogP contribution is -2.08. The fourth-order valence-corrected chi connectivity index (χ4v) is 2.03. The minimum absolute atomic E-state index is 0.670. The molecule has 0 aliphatic rings. The highest BCUT2D eigenvalue weighted by Gasteiger charge is 2.09. The van der Waals surface area contributed by atoms with E-state index in [-0.39, 0.29) is 0 Å². The van der Waals surface area contributed by atoms with Gasteiger partial charge in [-0.2, -0.15) is 0 Å². The molecular formula is C12H14ClN3. The van der Waals surface area contributed by atoms with Crippen LogP contribution in [0.3, 0.4) is 0 Å². The van der Waals surface area contributed by atoms with Gasteiger partial charge in [0, 0.05) is 11.1 Å². The zero-order valence-corrected chi connectivity index (χ0v) is 10.1. The molecule has 0 spiro atoms. The minimum Gasteiger partial charge on any atom is -0.323 e. The summed E-state index contributed by atoms with van der Waals surface area (Å²) >= 11 is 6.17. The van der Waals surface area contributed by atoms with E-state index in [1.54, 1.807) is 0 Å². The monoisotopic (exact) mass is 235 g/mol. The fourth-order valence-electron chi connectivity index (χ4n) is 1.78. The summed E-state index contributed by atoms with van der Waals surface area (Å²) < 4.78 is 0. The second-order valence-electron chi connectivity index (χ2n) is 3.75. The summed E-state index contributed by atoms with van der Waals surface area (Å²) in [5, 5.41) is 1.56. The van der Waals surface area contributed by atoms with Crippen LogP contribution in [0.1, 0.15) is 18.2 Å². The van der Waals surface area contributed by atoms with Gasteiger partial charge in [-0.1, -0.05) is 24.6 Å². The lowest BCUT2D eigenvalue weighted by atomic mass is 10.1. The summed E-state index contributed by atoms with van der Waals surface area (Å²) in [5.41, 5.74) is 6.54. The van der Waals surface area contributed by atoms with Crippen molar-refractivity contribution in [3.63, 3.8) is 0 Å². The lowest BCUT2D eigenvalue weighted by molar-refractivity contribution is 1.05. The normalized spacial score (nSPS) is 10.8. The van der Waals surface area contributed by atoms with Crippen LogP contribution in [-0.4, -0.2) is 4.98 Å². The van der Waals surface area contributed by atoms with Crippen LogP contribution in [0, 0.1) is 6.92 Å². The standard InChI is InChI=1S/C12H14ClN3/c1-3-8-6-10(16-14)11-9(13)5-4-7(2)12(11)15-8/h4-6H,3,14H2,1-2H3,(H,15,16). The van der Waals surface area contributed by atoms with Crippen molar-refractivity contribution in [2.24, 2.45) is 5.84 Å². The highest BCUT2D eigenvalue weighted by molar-refractivity contribution is 6.36. The van der Waals surface area contributed by atoms with Gasteiger partial charge in [-0.3, -0.25) is 10.8 Å². The van der Waals surface area contributed by atoms with Crippen LogP contribution in [0.4, 0.5) is 5.69 Å². The van der Waals surface area contributed by atoms with E-state index in [9.17, 15) is 0 Å². The lowest BCUT2D eigenvalue weighted by Gasteiger charge is -2.11. The topological polar surface area (TPSA) is 50.9 Å². The van der Waals surface area contributed by atoms with Crippen LogP contribution in [0.5, 0.6) is 0 Å². The number of nitrogens with zero attached hydrogens (tertiary/aromatic N) is 1. The first kappa shape index (κ1) is 11.2. The Hall–Kier alpha value is -1.32. The van der Waals surface area contributed by atoms with Crippen molar-refractivity contribution in [1.82, 2.24) is 4.98 Å². The average Bonchev–Trinajstić information content (AvgIpc) is 2.32. The summed E-state index contributed by atoms with van der Waals surface area (Å²) in [6.07, 6.45) is 0.872. The minimum atomic E-state index is 0.670. The third-order valence-electron chi connectivity index (χ3n) is 2.68. The largest absolute Gasteiger partial charge is 0.323 e. The van der Waals surface area contributed by atoms with E-state index in [1.807, 2.05) is 25.1 Å². The Bertz CT molecular complexity index is 537. The number of rotatable bonds is 2. The third-order valence-corrected chi connectivity index (χ3v) is 3.00. The van der Waals surface area contributed by atoms with Crippen molar-refractivity contribution in [1.29, 1.82) is 0 Å². The second kappa shape index (κ2) is 4.28. The molecule has 84 valence electrons. The van der Waals surface area contributed by atoms with Crippen molar-refractivity contribution in [3.8, 4) is 0 Å². The van der Waals surface area contributed by atoms with E-state index in [0.29, 0.717) is 5.02 Å². The average molecular weight is 236 g/mol. The van der Waals surface area contributed by atoms with Crippen LogP contribution >= 0.6 is 11.6 Å². The van der Waals surface area contributed by atoms with Crippen LogP contribution in [0.15, 0.2) is 18.2 Å². The van der Waals surface area contributed by atoms with Gasteiger partial charge in [-0.05, 0) is 31.0 Å². The quantitative estimate of drug-likeness (QED) is 0.621. The van der Waals surface area contributed by atoms with Gasteiger partial charge in [0.05, 0.1) is 16.2 Å². The Morgan fingerprint density at radius 3 is 2.81 bits per heavy atom. The SMILES string of the molecule is CCc1cc(NN)c2c(Cl)ccc(C)c2n1. The molecule has 2 aromatic rings. The van der Waals surface area contributed by atoms with Gasteiger partial charge in [0.2, 0.25) is 0 Å². The second-order valence-corrected chi connectivity index (χ2v) is 4.15. The molecule has 3 N–H and O–H groups in total. The number of anilines is 1. The number of nitrogens with one attached hydrogen (secondary N) is 1. The Morgan fingerprint density at radius 2 is 2.19 bits per heavy atom. The maximum Gasteiger partial charge on any atom is 0.0770 e. The predicted octanol–water partition coefficient (Wildman–Crippen LogP) is 3.04. The van der Waals surface area contributed by atoms with Crippen molar-refractivity contribution < 1.29 is 0 Å². The fraction of sp³-hybridized carbons (Fsp3) is 0.250. The number of nitrogen functional groups attached to an aromatic ring is 1. The van der Waals surface area contributed by atoms with Gasteiger partial charge >= 0.3 is 0 Å². The van der Waals surface area contributed by atoms with Gasteiger partial charge in [0.15, 0.2) is 0 Å². The molecule has 0 saturated carbocycles. The summed E-state index contributed by atoms with van der Waals surface area (Å²) in [7, 11) is 0. The summed E-state index contributed by atoms with van der Waals surface area (Å²) in [5.74, 6) is 5.52. The van der Waals surface area contributed by atoms with E-state index in [4.69, 9.17) is 17.4 Å². The van der Waals surface area contributed by atoms with Gasteiger partial charge in [0.25, 0.3) is 0 Å². The maximum atomic E-state index is 6.17. The number of aromatic nitrogens is 1. The van der Waals surface area contributed by atoms with Crippen molar-refractivity contribution in [3.05, 3.63) is 34.5 Å². The molecule has 1 aromatic heterocycles. The number of aryl methyl sites for hydroxylation is 2. The summed E-state index contributed by atoms with van der Waals surface area (Å²) in [6.45, 7) is 4.08. The number of halogens is 1. The van der Waals surface area contributed by atoms with Gasteiger partial charge in [-0.15, -0.1) is 0 Å². The smallest absolute Gasteiger partial charge is 0.0770 e. The number of pyridine rings is 1. The number of hydrogen-bond donors (Lipinski definition) is 2. The summed E-state index contributed by atoms with van der Waals surface area (Å²) in [6, 6.07) is 5.78. The van der Waals surface area contributed by atoms with Crippen LogP contribution < -0.4 is 11.3 Å². The number of fused-ring (bicyclic) bond motifs is 1. The van der Waals surface area contributed by atoms with E-state index >= 15 is 0 Å². The van der Waals surface area contributed by atoms with Crippen molar-refractivity contribution in [2.75, 3.05) is 5.43 Å². The molecule has 0 saturated heterocycles. The Balaban J connectivity index is 2.88. The van der Waals surface area contributed by atoms with Crippen LogP contribution in [0.25, 0.3) is 10.9 Å². The number of nitrogens with two attached hydrogens (primary N) is 1. The molecule has 0 radical (unpaired) electrons. The molecular weight excluding hydrogens is 222 g/mol. The molecule has 0 amide bonds. The zero-order valence-electron chi connectivity index (χ0n) is 9.34. The third kappa shape index (κ3) is 1.72. The molecule has 4 heteroatoms. The van der Waals surface area contributed by atoms with E-state index in [2.05, 4.69) is 17.3 Å². The molecule has 0 bridgehead atoms. The molecule has 0 aliphatic carbocycles.